The molecule has 2 atom stereocenters. The zero-order chi connectivity index (χ0) is 10.6. The van der Waals surface area contributed by atoms with Gasteiger partial charge >= 0.3 is 0 Å². The van der Waals surface area contributed by atoms with E-state index in [1.807, 2.05) is 6.92 Å². The van der Waals surface area contributed by atoms with Gasteiger partial charge in [0, 0.05) is 5.54 Å². The highest BCUT2D eigenvalue weighted by molar-refractivity contribution is 6.78. The molecule has 1 N–H and O–H groups in total. The van der Waals surface area contributed by atoms with E-state index in [1.54, 1.807) is 0 Å². The summed E-state index contributed by atoms with van der Waals surface area (Å²) in [7, 11) is -1.36. The van der Waals surface area contributed by atoms with Crippen LogP contribution in [0.1, 0.15) is 20.8 Å². The third-order valence-corrected chi connectivity index (χ3v) is 4.61. The standard InChI is InChI=1S/C11H22OSi/c1-7-8-10(13(4,5)6)11(12)9(2)3/h9-12H,1-6H3. The fourth-order valence-corrected chi connectivity index (χ4v) is 3.34. The van der Waals surface area contributed by atoms with Crippen molar-refractivity contribution in [3.63, 3.8) is 0 Å². The first-order valence-electron chi connectivity index (χ1n) is 4.91. The van der Waals surface area contributed by atoms with Crippen molar-refractivity contribution in [2.45, 2.75) is 52.1 Å². The van der Waals surface area contributed by atoms with Gasteiger partial charge in [-0.3, -0.25) is 0 Å². The second-order valence-electron chi connectivity index (χ2n) is 4.97. The monoisotopic (exact) mass is 198 g/mol. The summed E-state index contributed by atoms with van der Waals surface area (Å²) >= 11 is 0. The van der Waals surface area contributed by atoms with Crippen LogP contribution in [-0.4, -0.2) is 19.3 Å². The normalized spacial score (nSPS) is 16.3. The van der Waals surface area contributed by atoms with E-state index in [1.165, 1.54) is 0 Å². The molecule has 0 aliphatic rings. The molecular formula is C11H22OSi. The first-order chi connectivity index (χ1) is 5.80. The Morgan fingerprint density at radius 3 is 1.85 bits per heavy atom. The van der Waals surface area contributed by atoms with Gasteiger partial charge in [0.2, 0.25) is 0 Å². The first kappa shape index (κ1) is 12.7. The van der Waals surface area contributed by atoms with Crippen molar-refractivity contribution in [3.05, 3.63) is 0 Å². The van der Waals surface area contributed by atoms with E-state index in [0.29, 0.717) is 5.92 Å². The van der Waals surface area contributed by atoms with E-state index in [0.717, 1.165) is 0 Å². The van der Waals surface area contributed by atoms with Crippen molar-refractivity contribution in [2.24, 2.45) is 5.92 Å². The first-order valence-corrected chi connectivity index (χ1v) is 8.48. The minimum absolute atomic E-state index is 0.206. The average Bonchev–Trinajstić information content (AvgIpc) is 1.96. The highest BCUT2D eigenvalue weighted by atomic mass is 28.3. The van der Waals surface area contributed by atoms with Crippen LogP contribution in [0.3, 0.4) is 0 Å². The number of aliphatic hydroxyl groups excluding tert-OH is 1. The van der Waals surface area contributed by atoms with Crippen molar-refractivity contribution < 1.29 is 5.11 Å². The Morgan fingerprint density at radius 1 is 1.15 bits per heavy atom. The van der Waals surface area contributed by atoms with Crippen molar-refractivity contribution in [1.29, 1.82) is 0 Å². The molecule has 0 saturated heterocycles. The zero-order valence-electron chi connectivity index (χ0n) is 9.68. The summed E-state index contributed by atoms with van der Waals surface area (Å²) in [5.41, 5.74) is 0.206. The van der Waals surface area contributed by atoms with E-state index < -0.39 is 8.07 Å². The lowest BCUT2D eigenvalue weighted by atomic mass is 10.0. The molecule has 0 aromatic carbocycles. The minimum Gasteiger partial charge on any atom is -0.392 e. The fourth-order valence-electron chi connectivity index (χ4n) is 1.35. The van der Waals surface area contributed by atoms with Gasteiger partial charge in [0.25, 0.3) is 0 Å². The van der Waals surface area contributed by atoms with Crippen LogP contribution in [-0.2, 0) is 0 Å². The van der Waals surface area contributed by atoms with E-state index in [4.69, 9.17) is 0 Å². The lowest BCUT2D eigenvalue weighted by Crippen LogP contribution is -2.37. The molecule has 0 aliphatic carbocycles. The largest absolute Gasteiger partial charge is 0.392 e. The van der Waals surface area contributed by atoms with Crippen molar-refractivity contribution in [1.82, 2.24) is 0 Å². The van der Waals surface area contributed by atoms with Crippen molar-refractivity contribution in [3.8, 4) is 11.8 Å². The van der Waals surface area contributed by atoms with Gasteiger partial charge in [-0.15, -0.1) is 11.8 Å². The van der Waals surface area contributed by atoms with Crippen LogP contribution in [0.4, 0.5) is 0 Å². The predicted octanol–water partition coefficient (Wildman–Crippen LogP) is 2.74. The molecule has 0 saturated carbocycles. The Bertz CT molecular complexity index is 204. The molecule has 2 heteroatoms. The summed E-state index contributed by atoms with van der Waals surface area (Å²) in [5.74, 6) is 6.40. The third-order valence-electron chi connectivity index (χ3n) is 2.26. The van der Waals surface area contributed by atoms with Crippen molar-refractivity contribution >= 4 is 8.07 Å². The Hall–Kier alpha value is -0.263. The van der Waals surface area contributed by atoms with Gasteiger partial charge in [-0.2, -0.15) is 0 Å². The molecule has 0 aromatic heterocycles. The number of hydrogen-bond acceptors (Lipinski definition) is 1. The molecule has 0 radical (unpaired) electrons. The molecule has 0 heterocycles. The summed E-state index contributed by atoms with van der Waals surface area (Å²) in [6.45, 7) is 12.7. The van der Waals surface area contributed by atoms with Crippen LogP contribution in [0.25, 0.3) is 0 Å². The maximum atomic E-state index is 9.99. The summed E-state index contributed by atoms with van der Waals surface area (Å²) in [6.07, 6.45) is -0.265. The molecule has 0 aromatic rings. The van der Waals surface area contributed by atoms with Crippen LogP contribution in [0.5, 0.6) is 0 Å². The lowest BCUT2D eigenvalue weighted by Gasteiger charge is -2.31. The zero-order valence-corrected chi connectivity index (χ0v) is 10.7. The second kappa shape index (κ2) is 4.83. The van der Waals surface area contributed by atoms with Gasteiger partial charge in [-0.05, 0) is 12.8 Å². The van der Waals surface area contributed by atoms with Crippen molar-refractivity contribution in [2.75, 3.05) is 0 Å². The van der Waals surface area contributed by atoms with Crippen LogP contribution in [0, 0.1) is 17.8 Å². The van der Waals surface area contributed by atoms with E-state index >= 15 is 0 Å². The fraction of sp³-hybridized carbons (Fsp3) is 0.818. The topological polar surface area (TPSA) is 20.2 Å². The number of rotatable bonds is 3. The quantitative estimate of drug-likeness (QED) is 0.546. The minimum atomic E-state index is -1.36. The van der Waals surface area contributed by atoms with E-state index in [9.17, 15) is 5.11 Å². The molecule has 2 unspecified atom stereocenters. The van der Waals surface area contributed by atoms with Gasteiger partial charge in [0.05, 0.1) is 14.2 Å². The summed E-state index contributed by atoms with van der Waals surface area (Å²) in [6, 6.07) is 0. The maximum Gasteiger partial charge on any atom is 0.0674 e. The Morgan fingerprint density at radius 2 is 1.62 bits per heavy atom. The Balaban J connectivity index is 4.68. The molecular weight excluding hydrogens is 176 g/mol. The molecule has 0 rings (SSSR count). The third kappa shape index (κ3) is 3.97. The molecule has 0 fully saturated rings. The Kier molecular flexibility index (Phi) is 4.73. The van der Waals surface area contributed by atoms with Crippen LogP contribution in [0.15, 0.2) is 0 Å². The lowest BCUT2D eigenvalue weighted by molar-refractivity contribution is 0.128. The summed E-state index contributed by atoms with van der Waals surface area (Å²) < 4.78 is 0. The molecule has 0 bridgehead atoms. The Labute approximate surface area is 83.6 Å². The maximum absolute atomic E-state index is 9.99. The molecule has 0 aliphatic heterocycles. The number of aliphatic hydroxyl groups is 1. The smallest absolute Gasteiger partial charge is 0.0674 e. The van der Waals surface area contributed by atoms with Gasteiger partial charge in [0.1, 0.15) is 0 Å². The number of hydrogen-bond donors (Lipinski definition) is 1. The van der Waals surface area contributed by atoms with Crippen LogP contribution < -0.4 is 0 Å². The van der Waals surface area contributed by atoms with E-state index in [2.05, 4.69) is 45.3 Å². The highest BCUT2D eigenvalue weighted by Gasteiger charge is 2.32. The van der Waals surface area contributed by atoms with Gasteiger partial charge in [-0.1, -0.05) is 33.5 Å². The predicted molar refractivity (Wildman–Crippen MR) is 61.4 cm³/mol. The summed E-state index contributed by atoms with van der Waals surface area (Å²) in [4.78, 5) is 0. The van der Waals surface area contributed by atoms with Crippen LogP contribution in [0.2, 0.25) is 25.2 Å². The molecule has 0 amide bonds. The summed E-state index contributed by atoms with van der Waals surface area (Å²) in [5, 5.41) is 9.99. The molecule has 13 heavy (non-hydrogen) atoms. The highest BCUT2D eigenvalue weighted by Crippen LogP contribution is 2.28. The SMILES string of the molecule is CC#CC(C(O)C(C)C)[Si](C)(C)C. The molecule has 1 nitrogen and oxygen atoms in total. The molecule has 0 spiro atoms. The average molecular weight is 198 g/mol. The van der Waals surface area contributed by atoms with Gasteiger partial charge < -0.3 is 5.11 Å². The van der Waals surface area contributed by atoms with Gasteiger partial charge in [0.15, 0.2) is 0 Å². The second-order valence-corrected chi connectivity index (χ2v) is 10.3. The van der Waals surface area contributed by atoms with Gasteiger partial charge in [-0.25, -0.2) is 0 Å². The van der Waals surface area contributed by atoms with E-state index in [-0.39, 0.29) is 11.6 Å². The van der Waals surface area contributed by atoms with Crippen LogP contribution >= 0.6 is 0 Å². The molecule has 76 valence electrons.